The molecular formula is C14H15ClN2O2. The van der Waals surface area contributed by atoms with E-state index in [4.69, 9.17) is 11.6 Å². The van der Waals surface area contributed by atoms with Crippen molar-refractivity contribution in [2.45, 2.75) is 25.8 Å². The molecule has 0 radical (unpaired) electrons. The third-order valence-electron chi connectivity index (χ3n) is 3.00. The van der Waals surface area contributed by atoms with Crippen LogP contribution in [0, 0.1) is 0 Å². The lowest BCUT2D eigenvalue weighted by Gasteiger charge is -2.11. The largest absolute Gasteiger partial charge is 0.481 e. The number of rotatable bonds is 5. The van der Waals surface area contributed by atoms with Gasteiger partial charge in [-0.3, -0.25) is 9.48 Å². The summed E-state index contributed by atoms with van der Waals surface area (Å²) < 4.78 is 1.78. The predicted octanol–water partition coefficient (Wildman–Crippen LogP) is 2.97. The number of aryl methyl sites for hydroxylation is 1. The summed E-state index contributed by atoms with van der Waals surface area (Å²) in [6.45, 7) is 2.76. The normalized spacial score (nSPS) is 12.3. The highest BCUT2D eigenvalue weighted by Gasteiger charge is 2.21. The molecule has 2 aromatic rings. The van der Waals surface area contributed by atoms with Crippen molar-refractivity contribution in [1.29, 1.82) is 0 Å². The van der Waals surface area contributed by atoms with Gasteiger partial charge in [0.2, 0.25) is 0 Å². The number of carboxylic acids is 1. The first-order valence-corrected chi connectivity index (χ1v) is 6.47. The van der Waals surface area contributed by atoms with Crippen LogP contribution in [0.25, 0.3) is 0 Å². The number of benzene rings is 1. The lowest BCUT2D eigenvalue weighted by molar-refractivity contribution is -0.138. The second-order valence-electron chi connectivity index (χ2n) is 4.35. The smallest absolute Gasteiger partial charge is 0.311 e. The molecule has 1 aromatic heterocycles. The van der Waals surface area contributed by atoms with Gasteiger partial charge in [0.15, 0.2) is 0 Å². The van der Waals surface area contributed by atoms with Crippen LogP contribution in [0.5, 0.6) is 0 Å². The Labute approximate surface area is 116 Å². The minimum Gasteiger partial charge on any atom is -0.481 e. The van der Waals surface area contributed by atoms with Gasteiger partial charge in [0, 0.05) is 17.8 Å². The molecule has 0 saturated carbocycles. The van der Waals surface area contributed by atoms with E-state index in [2.05, 4.69) is 5.10 Å². The van der Waals surface area contributed by atoms with Crippen LogP contribution in [0.3, 0.4) is 0 Å². The number of hydrogen-bond acceptors (Lipinski definition) is 2. The number of aromatic nitrogens is 2. The molecule has 5 heteroatoms. The molecule has 19 heavy (non-hydrogen) atoms. The maximum atomic E-state index is 11.4. The monoisotopic (exact) mass is 278 g/mol. The van der Waals surface area contributed by atoms with Gasteiger partial charge in [-0.05, 0) is 36.6 Å². The summed E-state index contributed by atoms with van der Waals surface area (Å²) in [5, 5.41) is 14.1. The first kappa shape index (κ1) is 13.6. The van der Waals surface area contributed by atoms with E-state index in [-0.39, 0.29) is 0 Å². The molecule has 0 bridgehead atoms. The fourth-order valence-electron chi connectivity index (χ4n) is 1.99. The molecule has 0 aliphatic heterocycles. The van der Waals surface area contributed by atoms with E-state index >= 15 is 0 Å². The molecule has 1 aromatic carbocycles. The second kappa shape index (κ2) is 5.89. The van der Waals surface area contributed by atoms with Crippen LogP contribution in [-0.4, -0.2) is 20.9 Å². The zero-order valence-corrected chi connectivity index (χ0v) is 11.3. The van der Waals surface area contributed by atoms with Gasteiger partial charge in [-0.1, -0.05) is 23.7 Å². The van der Waals surface area contributed by atoms with Gasteiger partial charge in [-0.2, -0.15) is 5.10 Å². The zero-order valence-electron chi connectivity index (χ0n) is 10.6. The maximum absolute atomic E-state index is 11.4. The zero-order chi connectivity index (χ0) is 13.8. The van der Waals surface area contributed by atoms with Gasteiger partial charge < -0.3 is 5.11 Å². The quantitative estimate of drug-likeness (QED) is 0.915. The van der Waals surface area contributed by atoms with Crippen molar-refractivity contribution in [3.63, 3.8) is 0 Å². The number of carbonyl (C=O) groups is 1. The van der Waals surface area contributed by atoms with E-state index in [1.807, 2.05) is 13.1 Å². The van der Waals surface area contributed by atoms with Gasteiger partial charge in [-0.25, -0.2) is 0 Å². The van der Waals surface area contributed by atoms with E-state index in [1.54, 1.807) is 35.1 Å². The Bertz CT molecular complexity index is 580. The van der Waals surface area contributed by atoms with Crippen molar-refractivity contribution < 1.29 is 9.90 Å². The highest BCUT2D eigenvalue weighted by molar-refractivity contribution is 6.30. The van der Waals surface area contributed by atoms with Crippen molar-refractivity contribution >= 4 is 17.6 Å². The van der Waals surface area contributed by atoms with E-state index < -0.39 is 11.9 Å². The van der Waals surface area contributed by atoms with Crippen LogP contribution < -0.4 is 0 Å². The predicted molar refractivity (Wildman–Crippen MR) is 73.4 cm³/mol. The number of aliphatic carboxylic acids is 1. The minimum atomic E-state index is -0.855. The molecule has 0 saturated heterocycles. The Morgan fingerprint density at radius 1 is 1.53 bits per heavy atom. The molecule has 4 nitrogen and oxygen atoms in total. The Morgan fingerprint density at radius 2 is 2.32 bits per heavy atom. The molecular weight excluding hydrogens is 264 g/mol. The first-order chi connectivity index (χ1) is 9.10. The SMILES string of the molecule is CCn1cc(CC(C(=O)O)c2cccc(Cl)c2)cn1. The number of halogens is 1. The van der Waals surface area contributed by atoms with Crippen molar-refractivity contribution in [3.05, 3.63) is 52.8 Å². The lowest BCUT2D eigenvalue weighted by Crippen LogP contribution is -2.14. The van der Waals surface area contributed by atoms with E-state index in [0.717, 1.165) is 12.1 Å². The Hall–Kier alpha value is -1.81. The molecule has 0 aliphatic carbocycles. The number of nitrogens with zero attached hydrogens (tertiary/aromatic N) is 2. The average Bonchev–Trinajstić information content (AvgIpc) is 2.83. The fourth-order valence-corrected chi connectivity index (χ4v) is 2.19. The summed E-state index contributed by atoms with van der Waals surface area (Å²) in [7, 11) is 0. The van der Waals surface area contributed by atoms with Crippen LogP contribution in [0.1, 0.15) is 24.0 Å². The van der Waals surface area contributed by atoms with E-state index in [0.29, 0.717) is 17.0 Å². The first-order valence-electron chi connectivity index (χ1n) is 6.09. The molecule has 0 amide bonds. The molecule has 1 unspecified atom stereocenters. The number of hydrogen-bond donors (Lipinski definition) is 1. The fraction of sp³-hybridized carbons (Fsp3) is 0.286. The third-order valence-corrected chi connectivity index (χ3v) is 3.23. The number of carboxylic acid groups (broad SMARTS) is 1. The molecule has 0 spiro atoms. The Kier molecular flexibility index (Phi) is 4.22. The molecule has 0 aliphatic rings. The highest BCUT2D eigenvalue weighted by atomic mass is 35.5. The van der Waals surface area contributed by atoms with Crippen molar-refractivity contribution in [2.75, 3.05) is 0 Å². The van der Waals surface area contributed by atoms with Crippen LogP contribution >= 0.6 is 11.6 Å². The van der Waals surface area contributed by atoms with Gasteiger partial charge in [0.05, 0.1) is 12.1 Å². The summed E-state index contributed by atoms with van der Waals surface area (Å²) in [5.41, 5.74) is 1.62. The third kappa shape index (κ3) is 3.35. The van der Waals surface area contributed by atoms with Gasteiger partial charge in [0.25, 0.3) is 0 Å². The van der Waals surface area contributed by atoms with Gasteiger partial charge >= 0.3 is 5.97 Å². The Balaban J connectivity index is 2.23. The topological polar surface area (TPSA) is 55.1 Å². The Morgan fingerprint density at radius 3 is 2.89 bits per heavy atom. The second-order valence-corrected chi connectivity index (χ2v) is 4.79. The van der Waals surface area contributed by atoms with Crippen molar-refractivity contribution in [3.8, 4) is 0 Å². The summed E-state index contributed by atoms with van der Waals surface area (Å²) >= 11 is 5.91. The van der Waals surface area contributed by atoms with Gasteiger partial charge in [0.1, 0.15) is 0 Å². The van der Waals surface area contributed by atoms with Crippen molar-refractivity contribution in [2.24, 2.45) is 0 Å². The van der Waals surface area contributed by atoms with E-state index in [1.165, 1.54) is 0 Å². The minimum absolute atomic E-state index is 0.412. The molecule has 1 atom stereocenters. The summed E-state index contributed by atoms with van der Waals surface area (Å²) in [6.07, 6.45) is 4.00. The molecule has 1 N–H and O–H groups in total. The maximum Gasteiger partial charge on any atom is 0.311 e. The van der Waals surface area contributed by atoms with Crippen LogP contribution in [0.4, 0.5) is 0 Å². The highest BCUT2D eigenvalue weighted by Crippen LogP contribution is 2.23. The molecule has 1 heterocycles. The van der Waals surface area contributed by atoms with Crippen LogP contribution in [0.2, 0.25) is 5.02 Å². The molecule has 100 valence electrons. The van der Waals surface area contributed by atoms with Crippen LogP contribution in [0.15, 0.2) is 36.7 Å². The summed E-state index contributed by atoms with van der Waals surface area (Å²) in [4.78, 5) is 11.4. The standard InChI is InChI=1S/C14H15ClN2O2/c1-2-17-9-10(8-16-17)6-13(14(18)19)11-4-3-5-12(15)7-11/h3-5,7-9,13H,2,6H2,1H3,(H,18,19). The van der Waals surface area contributed by atoms with Crippen molar-refractivity contribution in [1.82, 2.24) is 9.78 Å². The summed E-state index contributed by atoms with van der Waals surface area (Å²) in [5.74, 6) is -1.46. The average molecular weight is 279 g/mol. The van der Waals surface area contributed by atoms with E-state index in [9.17, 15) is 9.90 Å². The van der Waals surface area contributed by atoms with Gasteiger partial charge in [-0.15, -0.1) is 0 Å². The molecule has 0 fully saturated rings. The molecule has 2 rings (SSSR count). The summed E-state index contributed by atoms with van der Waals surface area (Å²) in [6, 6.07) is 6.99. The lowest BCUT2D eigenvalue weighted by atomic mass is 9.93. The van der Waals surface area contributed by atoms with Crippen LogP contribution in [-0.2, 0) is 17.8 Å².